The fraction of sp³-hybridized carbons (Fsp3) is 0.200. The van der Waals surface area contributed by atoms with Gasteiger partial charge in [-0.25, -0.2) is 4.98 Å². The highest BCUT2D eigenvalue weighted by molar-refractivity contribution is 7.80. The summed E-state index contributed by atoms with van der Waals surface area (Å²) in [5.41, 5.74) is 5.68. The molecule has 0 aromatic carbocycles. The summed E-state index contributed by atoms with van der Waals surface area (Å²) in [6.07, 6.45) is -0.178. The maximum atomic E-state index is 10.2. The van der Waals surface area contributed by atoms with Crippen molar-refractivity contribution in [2.45, 2.75) is 11.6 Å². The number of hydrogen-bond donors (Lipinski definition) is 4. The van der Waals surface area contributed by atoms with E-state index < -0.39 is 5.97 Å². The van der Waals surface area contributed by atoms with Crippen molar-refractivity contribution >= 4 is 24.4 Å². The predicted octanol–water partition coefficient (Wildman–Crippen LogP) is -0.0923. The molecule has 1 aromatic rings. The summed E-state index contributed by atoms with van der Waals surface area (Å²) in [6, 6.07) is 0. The summed E-state index contributed by atoms with van der Waals surface area (Å²) in [5, 5.41) is 8.70. The van der Waals surface area contributed by atoms with E-state index in [9.17, 15) is 4.79 Å². The molecule has 0 saturated carbocycles. The zero-order valence-electron chi connectivity index (χ0n) is 5.53. The average Bonchev–Trinajstić information content (AvgIpc) is 2.09. The van der Waals surface area contributed by atoms with Gasteiger partial charge in [0.1, 0.15) is 5.82 Å². The summed E-state index contributed by atoms with van der Waals surface area (Å²) in [4.78, 5) is 16.5. The van der Waals surface area contributed by atoms with E-state index in [1.165, 1.54) is 0 Å². The second kappa shape index (κ2) is 2.83. The first-order chi connectivity index (χ1) is 5.09. The minimum Gasteiger partial charge on any atom is -0.481 e. The van der Waals surface area contributed by atoms with Crippen LogP contribution in [0, 0.1) is 0 Å². The highest BCUT2D eigenvalue weighted by atomic mass is 32.1. The van der Waals surface area contributed by atoms with E-state index in [2.05, 4.69) is 22.6 Å². The van der Waals surface area contributed by atoms with Crippen LogP contribution >= 0.6 is 12.6 Å². The molecule has 5 nitrogen and oxygen atoms in total. The quantitative estimate of drug-likeness (QED) is 0.470. The van der Waals surface area contributed by atoms with Crippen molar-refractivity contribution in [1.29, 1.82) is 0 Å². The molecule has 1 aromatic heterocycles. The highest BCUT2D eigenvalue weighted by Gasteiger charge is 2.08. The Kier molecular flexibility index (Phi) is 2.04. The Labute approximate surface area is 68.0 Å². The zero-order valence-corrected chi connectivity index (χ0v) is 6.43. The summed E-state index contributed by atoms with van der Waals surface area (Å²) in [7, 11) is 0. The lowest BCUT2D eigenvalue weighted by Gasteiger charge is -1.89. The van der Waals surface area contributed by atoms with Crippen molar-refractivity contribution in [2.24, 2.45) is 0 Å². The number of nitrogens with one attached hydrogen (secondary N) is 1. The molecule has 60 valence electrons. The Morgan fingerprint density at radius 3 is 2.82 bits per heavy atom. The molecule has 6 heteroatoms. The first kappa shape index (κ1) is 7.93. The molecule has 0 spiro atoms. The summed E-state index contributed by atoms with van der Waals surface area (Å²) >= 11 is 3.86. The molecule has 0 saturated heterocycles. The summed E-state index contributed by atoms with van der Waals surface area (Å²) in [5.74, 6) is -0.700. The third-order valence-corrected chi connectivity index (χ3v) is 1.33. The van der Waals surface area contributed by atoms with E-state index in [0.717, 1.165) is 0 Å². The maximum absolute atomic E-state index is 10.2. The minimum absolute atomic E-state index is 0.178. The van der Waals surface area contributed by atoms with Crippen molar-refractivity contribution in [3.63, 3.8) is 0 Å². The number of nitrogens with two attached hydrogens (primary N) is 1. The smallest absolute Gasteiger partial charge is 0.309 e. The van der Waals surface area contributed by atoms with Gasteiger partial charge in [0.15, 0.2) is 5.16 Å². The van der Waals surface area contributed by atoms with Crippen LogP contribution in [0.25, 0.3) is 0 Å². The Bertz CT molecular complexity index is 283. The topological polar surface area (TPSA) is 92.0 Å². The highest BCUT2D eigenvalue weighted by Crippen LogP contribution is 2.10. The average molecular weight is 173 g/mol. The van der Waals surface area contributed by atoms with Crippen LogP contribution < -0.4 is 5.73 Å². The monoisotopic (exact) mass is 173 g/mol. The number of aromatic nitrogens is 2. The first-order valence-corrected chi connectivity index (χ1v) is 3.29. The standard InChI is InChI=1S/C5H7N3O2S/c6-4-2(1-3(9)10)7-5(11)8-4/h1,6H2,(H,9,10)(H2,7,8,11). The van der Waals surface area contributed by atoms with Crippen molar-refractivity contribution in [2.75, 3.05) is 5.73 Å². The largest absolute Gasteiger partial charge is 0.481 e. The predicted molar refractivity (Wildman–Crippen MR) is 41.6 cm³/mol. The van der Waals surface area contributed by atoms with E-state index in [0.29, 0.717) is 10.9 Å². The van der Waals surface area contributed by atoms with E-state index in [1.54, 1.807) is 0 Å². The molecule has 0 bridgehead atoms. The number of rotatable bonds is 2. The molecule has 0 aliphatic rings. The number of imidazole rings is 1. The van der Waals surface area contributed by atoms with E-state index in [-0.39, 0.29) is 12.2 Å². The van der Waals surface area contributed by atoms with Gasteiger partial charge in [-0.1, -0.05) is 0 Å². The van der Waals surface area contributed by atoms with Crippen LogP contribution in [0.5, 0.6) is 0 Å². The van der Waals surface area contributed by atoms with Crippen LogP contribution in [0.3, 0.4) is 0 Å². The number of carbonyl (C=O) groups is 1. The van der Waals surface area contributed by atoms with E-state index in [1.807, 2.05) is 0 Å². The Balaban J connectivity index is 2.85. The summed E-state index contributed by atoms with van der Waals surface area (Å²) in [6.45, 7) is 0. The van der Waals surface area contributed by atoms with Crippen LogP contribution in [0.2, 0.25) is 0 Å². The van der Waals surface area contributed by atoms with E-state index >= 15 is 0 Å². The molecule has 0 aliphatic carbocycles. The Hall–Kier alpha value is -1.17. The zero-order chi connectivity index (χ0) is 8.43. The van der Waals surface area contributed by atoms with Gasteiger partial charge in [-0.3, -0.25) is 4.79 Å². The number of carboxylic acids is 1. The van der Waals surface area contributed by atoms with Gasteiger partial charge in [0.25, 0.3) is 0 Å². The third kappa shape index (κ3) is 1.87. The van der Waals surface area contributed by atoms with Crippen LogP contribution in [-0.4, -0.2) is 21.0 Å². The molecular weight excluding hydrogens is 166 g/mol. The van der Waals surface area contributed by atoms with Gasteiger partial charge in [-0.05, 0) is 0 Å². The Morgan fingerprint density at radius 1 is 1.82 bits per heavy atom. The van der Waals surface area contributed by atoms with Gasteiger partial charge in [0.05, 0.1) is 12.1 Å². The molecule has 0 atom stereocenters. The van der Waals surface area contributed by atoms with Crippen molar-refractivity contribution in [3.8, 4) is 0 Å². The second-order valence-corrected chi connectivity index (χ2v) is 2.41. The van der Waals surface area contributed by atoms with Gasteiger partial charge in [-0.2, -0.15) is 0 Å². The fourth-order valence-corrected chi connectivity index (χ4v) is 0.928. The van der Waals surface area contributed by atoms with Gasteiger partial charge in [-0.15, -0.1) is 12.6 Å². The van der Waals surface area contributed by atoms with Gasteiger partial charge in [0.2, 0.25) is 0 Å². The van der Waals surface area contributed by atoms with Crippen molar-refractivity contribution < 1.29 is 9.90 Å². The normalized spacial score (nSPS) is 9.91. The molecule has 0 unspecified atom stereocenters. The van der Waals surface area contributed by atoms with Gasteiger partial charge < -0.3 is 15.8 Å². The minimum atomic E-state index is -0.962. The number of anilines is 1. The van der Waals surface area contributed by atoms with Crippen molar-refractivity contribution in [3.05, 3.63) is 5.69 Å². The number of thiol groups is 1. The lowest BCUT2D eigenvalue weighted by molar-refractivity contribution is -0.136. The first-order valence-electron chi connectivity index (χ1n) is 2.84. The van der Waals surface area contributed by atoms with Gasteiger partial charge in [0, 0.05) is 0 Å². The van der Waals surface area contributed by atoms with Crippen LogP contribution in [0.1, 0.15) is 5.69 Å². The second-order valence-electron chi connectivity index (χ2n) is 1.99. The molecule has 0 aliphatic heterocycles. The molecule has 11 heavy (non-hydrogen) atoms. The number of hydrogen-bond acceptors (Lipinski definition) is 4. The maximum Gasteiger partial charge on any atom is 0.309 e. The number of aromatic amines is 1. The number of carboxylic acid groups (broad SMARTS) is 1. The number of H-pyrrole nitrogens is 1. The fourth-order valence-electron chi connectivity index (χ4n) is 0.687. The molecule has 4 N–H and O–H groups in total. The number of nitrogens with zero attached hydrogens (tertiary/aromatic N) is 1. The SMILES string of the molecule is Nc1[nH]c(S)nc1CC(=O)O. The molecule has 1 heterocycles. The molecule has 0 amide bonds. The number of nitrogen functional groups attached to an aromatic ring is 1. The lowest BCUT2D eigenvalue weighted by atomic mass is 10.3. The molecular formula is C5H7N3O2S. The molecule has 0 fully saturated rings. The van der Waals surface area contributed by atoms with Crippen molar-refractivity contribution in [1.82, 2.24) is 9.97 Å². The van der Waals surface area contributed by atoms with Gasteiger partial charge >= 0.3 is 5.97 Å². The summed E-state index contributed by atoms with van der Waals surface area (Å²) < 4.78 is 0. The van der Waals surface area contributed by atoms with E-state index in [4.69, 9.17) is 10.8 Å². The molecule has 0 radical (unpaired) electrons. The van der Waals surface area contributed by atoms with Crippen LogP contribution in [0.15, 0.2) is 5.16 Å². The van der Waals surface area contributed by atoms with Crippen LogP contribution in [0.4, 0.5) is 5.82 Å². The third-order valence-electron chi connectivity index (χ3n) is 1.12. The lowest BCUT2D eigenvalue weighted by Crippen LogP contribution is -2.02. The van der Waals surface area contributed by atoms with Crippen LogP contribution in [-0.2, 0) is 11.2 Å². The molecule has 1 rings (SSSR count). The Morgan fingerprint density at radius 2 is 2.45 bits per heavy atom. The number of aliphatic carboxylic acids is 1.